The van der Waals surface area contributed by atoms with Gasteiger partial charge in [-0.25, -0.2) is 4.39 Å². The second-order valence-electron chi connectivity index (χ2n) is 11.3. The predicted molar refractivity (Wildman–Crippen MR) is 179 cm³/mol. The number of pyridine rings is 1. The lowest BCUT2D eigenvalue weighted by Crippen LogP contribution is -2.44. The molecule has 2 aromatic rings. The van der Waals surface area contributed by atoms with Crippen LogP contribution in [0.25, 0.3) is 0 Å². The van der Waals surface area contributed by atoms with E-state index in [0.29, 0.717) is 25.4 Å². The first-order valence-electron chi connectivity index (χ1n) is 15.0. The number of allylic oxidation sites excluding steroid dienone is 1. The molecule has 3 N–H and O–H groups in total. The fraction of sp³-hybridized carbons (Fsp3) is 0.515. The number of likely N-dealkylation sites (N-methyl/N-ethyl adjacent to an activating group) is 1. The molecule has 0 amide bonds. The molecule has 41 heavy (non-hydrogen) atoms. The topological polar surface area (TPSA) is 69.8 Å². The molecule has 6 nitrogen and oxygen atoms in total. The summed E-state index contributed by atoms with van der Waals surface area (Å²) in [5, 5.41) is 3.14. The molecule has 1 aromatic carbocycles. The fourth-order valence-corrected chi connectivity index (χ4v) is 5.05. The van der Waals surface area contributed by atoms with E-state index in [1.807, 2.05) is 32.2 Å². The Morgan fingerprint density at radius 3 is 2.44 bits per heavy atom. The van der Waals surface area contributed by atoms with Crippen LogP contribution in [0.15, 0.2) is 65.7 Å². The number of hydrogen-bond donors (Lipinski definition) is 2. The van der Waals surface area contributed by atoms with E-state index in [1.54, 1.807) is 13.1 Å². The molecule has 1 saturated heterocycles. The van der Waals surface area contributed by atoms with Crippen LogP contribution in [0.2, 0.25) is 13.1 Å². The van der Waals surface area contributed by atoms with Gasteiger partial charge in [-0.1, -0.05) is 43.6 Å². The van der Waals surface area contributed by atoms with Crippen LogP contribution in [0.5, 0.6) is 0 Å². The number of halogens is 1. The average Bonchev–Trinajstić information content (AvgIpc) is 3.28. The SMILES string of the molecule is C=CCCCCB(C)/C(=C/N=C)CN.CNc1ccc(N2CCN(C)CC2)cc1.Cc1ccc2c(n1)C(C)(F)CC2. The van der Waals surface area contributed by atoms with Crippen molar-refractivity contribution in [2.45, 2.75) is 64.8 Å². The Bertz CT molecular complexity index is 1090. The number of alkyl halides is 1. The summed E-state index contributed by atoms with van der Waals surface area (Å²) in [4.78, 5) is 12.8. The van der Waals surface area contributed by atoms with Gasteiger partial charge >= 0.3 is 0 Å². The Kier molecular flexibility index (Phi) is 14.8. The smallest absolute Gasteiger partial charge is 0.171 e. The summed E-state index contributed by atoms with van der Waals surface area (Å²) >= 11 is 0. The van der Waals surface area contributed by atoms with Crippen molar-refractivity contribution < 1.29 is 4.39 Å². The van der Waals surface area contributed by atoms with Gasteiger partial charge in [-0.05, 0) is 82.8 Å². The van der Waals surface area contributed by atoms with E-state index in [9.17, 15) is 4.39 Å². The summed E-state index contributed by atoms with van der Waals surface area (Å²) in [6, 6.07) is 12.6. The summed E-state index contributed by atoms with van der Waals surface area (Å²) < 4.78 is 13.7. The highest BCUT2D eigenvalue weighted by molar-refractivity contribution is 6.65. The molecule has 0 radical (unpaired) electrons. The van der Waals surface area contributed by atoms with E-state index in [-0.39, 0.29) is 0 Å². The standard InChI is InChI=1S/C12H19N3.C11H21BN2.C10H12FN/c1-13-11-3-5-12(6-4-11)15-9-7-14(2)8-10-15;1-4-5-6-7-8-12(2)11(9-13)10-14-3;1-7-3-4-8-5-6-10(2,11)9(8)12-7/h3-6,13H,7-10H2,1-2H3;4,10H,1,3,5-9,13H2,2H3;3-4H,5-6H2,1-2H3/b;11-10+;. The number of aryl methyl sites for hydroxylation is 2. The van der Waals surface area contributed by atoms with Crippen molar-refractivity contribution >= 4 is 24.8 Å². The molecule has 4 rings (SSSR count). The number of nitrogens with one attached hydrogen (secondary N) is 1. The van der Waals surface area contributed by atoms with Crippen LogP contribution in [0, 0.1) is 6.92 Å². The van der Waals surface area contributed by atoms with E-state index in [1.165, 1.54) is 36.0 Å². The van der Waals surface area contributed by atoms with Crippen molar-refractivity contribution in [2.75, 3.05) is 57.0 Å². The number of fused-ring (bicyclic) bond motifs is 1. The lowest BCUT2D eigenvalue weighted by atomic mass is 9.43. The van der Waals surface area contributed by atoms with Crippen molar-refractivity contribution in [3.05, 3.63) is 77.7 Å². The van der Waals surface area contributed by atoms with Gasteiger partial charge in [0.15, 0.2) is 12.4 Å². The summed E-state index contributed by atoms with van der Waals surface area (Å²) in [6.45, 7) is 18.6. The highest BCUT2D eigenvalue weighted by Crippen LogP contribution is 2.38. The zero-order valence-corrected chi connectivity index (χ0v) is 26.1. The average molecular weight is 563 g/mol. The number of aromatic nitrogens is 1. The van der Waals surface area contributed by atoms with Gasteiger partial charge in [0.2, 0.25) is 0 Å². The van der Waals surface area contributed by atoms with E-state index >= 15 is 0 Å². The molecule has 1 aliphatic carbocycles. The number of hydrogen-bond acceptors (Lipinski definition) is 6. The van der Waals surface area contributed by atoms with Gasteiger partial charge in [0.05, 0.1) is 5.69 Å². The molecule has 0 saturated carbocycles. The molecule has 2 heterocycles. The Hall–Kier alpha value is -2.97. The molecule has 1 aliphatic heterocycles. The zero-order chi connectivity index (χ0) is 30.3. The van der Waals surface area contributed by atoms with Crippen molar-refractivity contribution in [3.8, 4) is 0 Å². The molecule has 2 aliphatic rings. The maximum absolute atomic E-state index is 13.7. The van der Waals surface area contributed by atoms with E-state index in [0.717, 1.165) is 50.3 Å². The second kappa shape index (κ2) is 17.8. The fourth-order valence-electron chi connectivity index (χ4n) is 5.05. The number of benzene rings is 1. The summed E-state index contributed by atoms with van der Waals surface area (Å²) in [7, 11) is 4.13. The van der Waals surface area contributed by atoms with Crippen LogP contribution in [0.3, 0.4) is 0 Å². The molecule has 0 spiro atoms. The number of anilines is 2. The molecular weight excluding hydrogens is 510 g/mol. The van der Waals surface area contributed by atoms with Gasteiger partial charge in [-0.2, -0.15) is 0 Å². The van der Waals surface area contributed by atoms with Crippen LogP contribution in [-0.4, -0.2) is 70.1 Å². The molecule has 1 unspecified atom stereocenters. The minimum atomic E-state index is -1.19. The zero-order valence-electron chi connectivity index (χ0n) is 26.1. The lowest BCUT2D eigenvalue weighted by molar-refractivity contribution is 0.188. The molecule has 1 atom stereocenters. The van der Waals surface area contributed by atoms with Crippen molar-refractivity contribution in [3.63, 3.8) is 0 Å². The highest BCUT2D eigenvalue weighted by atomic mass is 19.1. The summed E-state index contributed by atoms with van der Waals surface area (Å²) in [5.74, 6) is 0. The molecular formula is C33H52BFN6. The number of unbranched alkanes of at least 4 members (excludes halogenated alkanes) is 2. The van der Waals surface area contributed by atoms with Crippen LogP contribution >= 0.6 is 0 Å². The Morgan fingerprint density at radius 2 is 1.85 bits per heavy atom. The first-order chi connectivity index (χ1) is 19.6. The van der Waals surface area contributed by atoms with E-state index in [2.05, 4.69) is 76.5 Å². The summed E-state index contributed by atoms with van der Waals surface area (Å²) in [5.41, 5.74) is 10.8. The van der Waals surface area contributed by atoms with Crippen molar-refractivity contribution in [2.24, 2.45) is 10.7 Å². The first-order valence-corrected chi connectivity index (χ1v) is 15.0. The van der Waals surface area contributed by atoms with Crippen LogP contribution in [-0.2, 0) is 12.1 Å². The normalized spacial score (nSPS) is 18.3. The number of rotatable bonds is 10. The van der Waals surface area contributed by atoms with Gasteiger partial charge in [-0.15, -0.1) is 6.58 Å². The van der Waals surface area contributed by atoms with Crippen LogP contribution < -0.4 is 16.0 Å². The number of nitrogens with zero attached hydrogens (tertiary/aromatic N) is 4. The largest absolute Gasteiger partial charge is 0.388 e. The quantitative estimate of drug-likeness (QED) is 0.149. The maximum Gasteiger partial charge on any atom is 0.171 e. The molecule has 0 bridgehead atoms. The number of nitrogens with two attached hydrogens (primary N) is 1. The minimum absolute atomic E-state index is 0.523. The third-order valence-corrected chi connectivity index (χ3v) is 7.92. The Balaban J connectivity index is 0.000000216. The third kappa shape index (κ3) is 11.4. The van der Waals surface area contributed by atoms with Crippen molar-refractivity contribution in [1.82, 2.24) is 9.88 Å². The van der Waals surface area contributed by atoms with Gasteiger partial charge in [0.1, 0.15) is 0 Å². The molecule has 1 fully saturated rings. The second-order valence-corrected chi connectivity index (χ2v) is 11.3. The van der Waals surface area contributed by atoms with Gasteiger partial charge in [-0.3, -0.25) is 9.98 Å². The monoisotopic (exact) mass is 562 g/mol. The van der Waals surface area contributed by atoms with E-state index < -0.39 is 5.67 Å². The highest BCUT2D eigenvalue weighted by Gasteiger charge is 2.35. The molecule has 1 aromatic heterocycles. The first kappa shape index (κ1) is 34.2. The molecule has 8 heteroatoms. The minimum Gasteiger partial charge on any atom is -0.388 e. The van der Waals surface area contributed by atoms with Gasteiger partial charge in [0.25, 0.3) is 0 Å². The van der Waals surface area contributed by atoms with Gasteiger partial charge in [0, 0.05) is 63.0 Å². The number of piperazine rings is 1. The van der Waals surface area contributed by atoms with E-state index in [4.69, 9.17) is 5.73 Å². The lowest BCUT2D eigenvalue weighted by Gasteiger charge is -2.34. The third-order valence-electron chi connectivity index (χ3n) is 7.92. The molecule has 224 valence electrons. The maximum atomic E-state index is 13.7. The van der Waals surface area contributed by atoms with Crippen LogP contribution in [0.4, 0.5) is 15.8 Å². The Morgan fingerprint density at radius 1 is 1.17 bits per heavy atom. The summed E-state index contributed by atoms with van der Waals surface area (Å²) in [6.07, 6.45) is 9.89. The Labute approximate surface area is 249 Å². The van der Waals surface area contributed by atoms with Crippen molar-refractivity contribution in [1.29, 1.82) is 0 Å². The van der Waals surface area contributed by atoms with Gasteiger partial charge < -0.3 is 20.9 Å². The van der Waals surface area contributed by atoms with Crippen LogP contribution in [0.1, 0.15) is 49.6 Å². The predicted octanol–water partition coefficient (Wildman–Crippen LogP) is 6.55. The number of aliphatic imine (C=N–C) groups is 1.